The van der Waals surface area contributed by atoms with Crippen molar-refractivity contribution in [3.8, 4) is 10.6 Å². The molecule has 0 spiro atoms. The van der Waals surface area contributed by atoms with Crippen molar-refractivity contribution in [3.63, 3.8) is 0 Å². The summed E-state index contributed by atoms with van der Waals surface area (Å²) in [5.41, 5.74) is 0.395. The van der Waals surface area contributed by atoms with Gasteiger partial charge in [0, 0.05) is 18.7 Å². The van der Waals surface area contributed by atoms with E-state index in [1.54, 1.807) is 7.05 Å². The van der Waals surface area contributed by atoms with Crippen molar-refractivity contribution in [2.45, 2.75) is 0 Å². The van der Waals surface area contributed by atoms with Crippen LogP contribution in [0.1, 0.15) is 0 Å². The van der Waals surface area contributed by atoms with E-state index in [2.05, 4.69) is 15.5 Å². The van der Waals surface area contributed by atoms with E-state index in [9.17, 15) is 8.78 Å². The first-order chi connectivity index (χ1) is 7.19. The third kappa shape index (κ3) is 2.10. The Morgan fingerprint density at radius 2 is 1.80 bits per heavy atom. The van der Waals surface area contributed by atoms with E-state index in [-0.39, 0.29) is 0 Å². The van der Waals surface area contributed by atoms with Crippen LogP contribution < -0.4 is 5.32 Å². The number of hydrogen-bond donors (Lipinski definition) is 1. The van der Waals surface area contributed by atoms with Crippen LogP contribution in [-0.4, -0.2) is 17.2 Å². The molecule has 1 heterocycles. The molecule has 0 aliphatic rings. The van der Waals surface area contributed by atoms with Gasteiger partial charge in [0.2, 0.25) is 5.13 Å². The van der Waals surface area contributed by atoms with E-state index < -0.39 is 11.6 Å². The van der Waals surface area contributed by atoms with Gasteiger partial charge in [0.1, 0.15) is 16.6 Å². The van der Waals surface area contributed by atoms with Crippen molar-refractivity contribution in [2.24, 2.45) is 0 Å². The van der Waals surface area contributed by atoms with E-state index in [1.807, 2.05) is 0 Å². The fourth-order valence-corrected chi connectivity index (χ4v) is 1.80. The molecule has 78 valence electrons. The average molecular weight is 227 g/mol. The Labute approximate surface area is 88.8 Å². The number of nitrogens with zero attached hydrogens (tertiary/aromatic N) is 2. The van der Waals surface area contributed by atoms with E-state index in [0.29, 0.717) is 15.7 Å². The van der Waals surface area contributed by atoms with Crippen LogP contribution in [0.15, 0.2) is 18.2 Å². The molecule has 0 aliphatic carbocycles. The minimum absolute atomic E-state index is 0.395. The third-order valence-corrected chi connectivity index (χ3v) is 2.74. The van der Waals surface area contributed by atoms with Crippen LogP contribution in [0.2, 0.25) is 0 Å². The van der Waals surface area contributed by atoms with Crippen LogP contribution in [0.5, 0.6) is 0 Å². The van der Waals surface area contributed by atoms with Crippen LogP contribution >= 0.6 is 11.3 Å². The van der Waals surface area contributed by atoms with Gasteiger partial charge in [-0.3, -0.25) is 0 Å². The zero-order valence-electron chi connectivity index (χ0n) is 7.79. The van der Waals surface area contributed by atoms with Crippen LogP contribution in [0.4, 0.5) is 13.9 Å². The second-order valence-corrected chi connectivity index (χ2v) is 3.80. The lowest BCUT2D eigenvalue weighted by atomic mass is 10.2. The Morgan fingerprint density at radius 1 is 1.13 bits per heavy atom. The van der Waals surface area contributed by atoms with Crippen molar-refractivity contribution in [3.05, 3.63) is 29.8 Å². The maximum atomic E-state index is 12.9. The van der Waals surface area contributed by atoms with E-state index in [0.717, 1.165) is 6.07 Å². The van der Waals surface area contributed by atoms with E-state index in [1.165, 1.54) is 23.5 Å². The zero-order valence-corrected chi connectivity index (χ0v) is 8.61. The molecule has 6 heteroatoms. The maximum absolute atomic E-state index is 12.9. The quantitative estimate of drug-likeness (QED) is 0.856. The summed E-state index contributed by atoms with van der Waals surface area (Å²) < 4.78 is 25.8. The molecule has 0 amide bonds. The summed E-state index contributed by atoms with van der Waals surface area (Å²) in [6, 6.07) is 3.27. The van der Waals surface area contributed by atoms with Gasteiger partial charge in [-0.1, -0.05) is 11.3 Å². The molecule has 2 rings (SSSR count). The molecule has 0 radical (unpaired) electrons. The van der Waals surface area contributed by atoms with Gasteiger partial charge in [0.25, 0.3) is 0 Å². The van der Waals surface area contributed by atoms with Crippen LogP contribution in [-0.2, 0) is 0 Å². The summed E-state index contributed by atoms with van der Waals surface area (Å²) in [5, 5.41) is 11.5. The molecule has 1 N–H and O–H groups in total. The normalized spacial score (nSPS) is 10.3. The standard InChI is InChI=1S/C9H7F2N3S/c1-12-9-14-13-8(15-9)5-2-6(10)4-7(11)3-5/h2-4H,1H3,(H,12,14). The van der Waals surface area contributed by atoms with Gasteiger partial charge in [-0.05, 0) is 12.1 Å². The number of aromatic nitrogens is 2. The summed E-state index contributed by atoms with van der Waals surface area (Å²) in [7, 11) is 1.70. The molecule has 1 aromatic heterocycles. The molecule has 1 aromatic carbocycles. The lowest BCUT2D eigenvalue weighted by Crippen LogP contribution is -1.84. The molecule has 2 aromatic rings. The monoisotopic (exact) mass is 227 g/mol. The molecule has 3 nitrogen and oxygen atoms in total. The van der Waals surface area contributed by atoms with Gasteiger partial charge in [-0.2, -0.15) is 0 Å². The number of rotatable bonds is 2. The molecule has 0 aliphatic heterocycles. The maximum Gasteiger partial charge on any atom is 0.205 e. The topological polar surface area (TPSA) is 37.8 Å². The Balaban J connectivity index is 2.44. The van der Waals surface area contributed by atoms with Crippen molar-refractivity contribution in [2.75, 3.05) is 12.4 Å². The minimum Gasteiger partial charge on any atom is -0.363 e. The minimum atomic E-state index is -0.619. The number of halogens is 2. The first kappa shape index (κ1) is 9.97. The fourth-order valence-electron chi connectivity index (χ4n) is 1.12. The van der Waals surface area contributed by atoms with E-state index >= 15 is 0 Å². The Bertz CT molecular complexity index is 464. The lowest BCUT2D eigenvalue weighted by molar-refractivity contribution is 0.584. The summed E-state index contributed by atoms with van der Waals surface area (Å²) in [5.74, 6) is -1.24. The molecule has 0 bridgehead atoms. The Morgan fingerprint density at radius 3 is 2.33 bits per heavy atom. The van der Waals surface area contributed by atoms with Crippen LogP contribution in [0, 0.1) is 11.6 Å². The molecule has 0 unspecified atom stereocenters. The second-order valence-electron chi connectivity index (χ2n) is 2.82. The number of nitrogens with one attached hydrogen (secondary N) is 1. The largest absolute Gasteiger partial charge is 0.363 e. The van der Waals surface area contributed by atoms with Crippen molar-refractivity contribution in [1.29, 1.82) is 0 Å². The molecule has 0 saturated heterocycles. The van der Waals surface area contributed by atoms with E-state index in [4.69, 9.17) is 0 Å². The van der Waals surface area contributed by atoms with Gasteiger partial charge >= 0.3 is 0 Å². The van der Waals surface area contributed by atoms with Gasteiger partial charge in [0.15, 0.2) is 0 Å². The highest BCUT2D eigenvalue weighted by molar-refractivity contribution is 7.18. The van der Waals surface area contributed by atoms with Gasteiger partial charge in [-0.15, -0.1) is 10.2 Å². The van der Waals surface area contributed by atoms with Gasteiger partial charge in [-0.25, -0.2) is 8.78 Å². The summed E-state index contributed by atoms with van der Waals surface area (Å²) in [6.45, 7) is 0. The fraction of sp³-hybridized carbons (Fsp3) is 0.111. The summed E-state index contributed by atoms with van der Waals surface area (Å²) in [4.78, 5) is 0. The molecule has 0 fully saturated rings. The van der Waals surface area contributed by atoms with Crippen LogP contribution in [0.3, 0.4) is 0 Å². The van der Waals surface area contributed by atoms with Crippen molar-refractivity contribution < 1.29 is 8.78 Å². The van der Waals surface area contributed by atoms with Gasteiger partial charge < -0.3 is 5.32 Å². The third-order valence-electron chi connectivity index (χ3n) is 1.75. The van der Waals surface area contributed by atoms with Crippen LogP contribution in [0.25, 0.3) is 10.6 Å². The zero-order chi connectivity index (χ0) is 10.8. The predicted octanol–water partition coefficient (Wildman–Crippen LogP) is 2.53. The van der Waals surface area contributed by atoms with Crippen molar-refractivity contribution in [1.82, 2.24) is 10.2 Å². The first-order valence-electron chi connectivity index (χ1n) is 4.17. The summed E-state index contributed by atoms with van der Waals surface area (Å²) in [6.07, 6.45) is 0. The lowest BCUT2D eigenvalue weighted by Gasteiger charge is -1.96. The highest BCUT2D eigenvalue weighted by atomic mass is 32.1. The average Bonchev–Trinajstić information content (AvgIpc) is 2.64. The number of hydrogen-bond acceptors (Lipinski definition) is 4. The molecular weight excluding hydrogens is 220 g/mol. The molecule has 0 atom stereocenters. The molecule has 15 heavy (non-hydrogen) atoms. The molecule has 0 saturated carbocycles. The smallest absolute Gasteiger partial charge is 0.205 e. The summed E-state index contributed by atoms with van der Waals surface area (Å²) >= 11 is 1.24. The first-order valence-corrected chi connectivity index (χ1v) is 4.98. The Kier molecular flexibility index (Phi) is 2.59. The number of anilines is 1. The second kappa shape index (κ2) is 3.90. The Hall–Kier alpha value is -1.56. The van der Waals surface area contributed by atoms with Crippen molar-refractivity contribution >= 4 is 16.5 Å². The highest BCUT2D eigenvalue weighted by Crippen LogP contribution is 2.27. The highest BCUT2D eigenvalue weighted by Gasteiger charge is 2.08. The molecular formula is C9H7F2N3S. The predicted molar refractivity (Wildman–Crippen MR) is 54.8 cm³/mol. The van der Waals surface area contributed by atoms with Gasteiger partial charge in [0.05, 0.1) is 0 Å². The SMILES string of the molecule is CNc1nnc(-c2cc(F)cc(F)c2)s1. The number of benzene rings is 1.